The zero-order valence-electron chi connectivity index (χ0n) is 13.2. The number of nitrogens with zero attached hydrogens (tertiary/aromatic N) is 1. The van der Waals surface area contributed by atoms with Crippen LogP contribution >= 0.6 is 0 Å². The lowest BCUT2D eigenvalue weighted by atomic mass is 9.88. The predicted octanol–water partition coefficient (Wildman–Crippen LogP) is 3.35. The van der Waals surface area contributed by atoms with Gasteiger partial charge in [-0.05, 0) is 71.3 Å². The van der Waals surface area contributed by atoms with Crippen LogP contribution in [0.3, 0.4) is 0 Å². The maximum Gasteiger partial charge on any atom is 0.119 e. The van der Waals surface area contributed by atoms with E-state index in [9.17, 15) is 0 Å². The molecule has 1 heterocycles. The Balaban J connectivity index is 2.09. The van der Waals surface area contributed by atoms with Gasteiger partial charge in [0.05, 0.1) is 6.10 Å². The van der Waals surface area contributed by atoms with Gasteiger partial charge < -0.3 is 10.5 Å². The van der Waals surface area contributed by atoms with Crippen molar-refractivity contribution in [2.75, 3.05) is 13.1 Å². The second-order valence-corrected chi connectivity index (χ2v) is 6.56. The molecular formula is C17H28N2O. The van der Waals surface area contributed by atoms with Crippen LogP contribution in [0.2, 0.25) is 0 Å². The average molecular weight is 276 g/mol. The smallest absolute Gasteiger partial charge is 0.119 e. The lowest BCUT2D eigenvalue weighted by molar-refractivity contribution is 0.124. The molecule has 0 aliphatic carbocycles. The van der Waals surface area contributed by atoms with Crippen molar-refractivity contribution in [3.8, 4) is 5.75 Å². The minimum atomic E-state index is -0.00305. The normalized spacial score (nSPS) is 18.5. The van der Waals surface area contributed by atoms with Crippen molar-refractivity contribution in [2.24, 2.45) is 5.73 Å². The first-order chi connectivity index (χ1) is 9.41. The van der Waals surface area contributed by atoms with Gasteiger partial charge in [-0.15, -0.1) is 0 Å². The molecule has 1 aromatic rings. The number of rotatable bonds is 5. The monoisotopic (exact) mass is 276 g/mol. The number of likely N-dealkylation sites (tertiary alicyclic amines) is 1. The Kier molecular flexibility index (Phi) is 4.71. The molecule has 0 bridgehead atoms. The average Bonchev–Trinajstić information content (AvgIpc) is 2.92. The number of hydrogen-bond acceptors (Lipinski definition) is 3. The van der Waals surface area contributed by atoms with Crippen LogP contribution in [0.1, 0.15) is 52.1 Å². The fourth-order valence-electron chi connectivity index (χ4n) is 2.92. The molecule has 2 N–H and O–H groups in total. The van der Waals surface area contributed by atoms with Gasteiger partial charge in [0.15, 0.2) is 0 Å². The van der Waals surface area contributed by atoms with Crippen molar-refractivity contribution in [1.29, 1.82) is 0 Å². The quantitative estimate of drug-likeness (QED) is 0.896. The zero-order valence-corrected chi connectivity index (χ0v) is 13.2. The summed E-state index contributed by atoms with van der Waals surface area (Å²) in [6, 6.07) is 8.26. The van der Waals surface area contributed by atoms with Crippen LogP contribution in [0.25, 0.3) is 0 Å². The maximum absolute atomic E-state index is 6.52. The molecule has 1 saturated heterocycles. The second kappa shape index (κ2) is 6.15. The van der Waals surface area contributed by atoms with Gasteiger partial charge in [-0.1, -0.05) is 12.1 Å². The molecular weight excluding hydrogens is 248 g/mol. The highest BCUT2D eigenvalue weighted by Gasteiger charge is 2.35. The van der Waals surface area contributed by atoms with Gasteiger partial charge >= 0.3 is 0 Å². The van der Waals surface area contributed by atoms with Crippen LogP contribution in [-0.4, -0.2) is 29.6 Å². The third kappa shape index (κ3) is 3.33. The fraction of sp³-hybridized carbons (Fsp3) is 0.647. The molecule has 1 fully saturated rings. The van der Waals surface area contributed by atoms with E-state index in [-0.39, 0.29) is 17.7 Å². The molecule has 3 heteroatoms. The Bertz CT molecular complexity index is 419. The molecule has 1 aliphatic rings. The van der Waals surface area contributed by atoms with E-state index < -0.39 is 0 Å². The van der Waals surface area contributed by atoms with Crippen LogP contribution in [0.4, 0.5) is 0 Å². The standard InChI is InChI=1S/C17H28N2O/c1-13(2)20-15-9-7-14(8-10-15)16(18)17(3,4)19-11-5-6-12-19/h7-10,13,16H,5-6,11-12,18H2,1-4H3. The third-order valence-corrected chi connectivity index (χ3v) is 4.29. The highest BCUT2D eigenvalue weighted by atomic mass is 16.5. The first-order valence-electron chi connectivity index (χ1n) is 7.68. The van der Waals surface area contributed by atoms with E-state index in [1.54, 1.807) is 0 Å². The maximum atomic E-state index is 6.52. The second-order valence-electron chi connectivity index (χ2n) is 6.56. The lowest BCUT2D eigenvalue weighted by Gasteiger charge is -2.40. The zero-order chi connectivity index (χ0) is 14.8. The van der Waals surface area contributed by atoms with E-state index >= 15 is 0 Å². The van der Waals surface area contributed by atoms with Gasteiger partial charge in [0.25, 0.3) is 0 Å². The summed E-state index contributed by atoms with van der Waals surface area (Å²) in [6.45, 7) is 10.9. The van der Waals surface area contributed by atoms with Gasteiger partial charge in [-0.2, -0.15) is 0 Å². The molecule has 0 radical (unpaired) electrons. The van der Waals surface area contributed by atoms with E-state index in [1.165, 1.54) is 18.4 Å². The van der Waals surface area contributed by atoms with E-state index in [1.807, 2.05) is 26.0 Å². The Morgan fingerprint density at radius 1 is 1.10 bits per heavy atom. The molecule has 112 valence electrons. The number of ether oxygens (including phenoxy) is 1. The lowest BCUT2D eigenvalue weighted by Crippen LogP contribution is -2.49. The van der Waals surface area contributed by atoms with Crippen molar-refractivity contribution in [3.63, 3.8) is 0 Å². The highest BCUT2D eigenvalue weighted by molar-refractivity contribution is 5.30. The first kappa shape index (κ1) is 15.3. The Labute approximate surface area is 123 Å². The molecule has 0 saturated carbocycles. The molecule has 3 nitrogen and oxygen atoms in total. The fourth-order valence-corrected chi connectivity index (χ4v) is 2.92. The third-order valence-electron chi connectivity index (χ3n) is 4.29. The van der Waals surface area contributed by atoms with E-state index in [4.69, 9.17) is 10.5 Å². The van der Waals surface area contributed by atoms with Crippen molar-refractivity contribution in [1.82, 2.24) is 4.90 Å². The summed E-state index contributed by atoms with van der Waals surface area (Å²) >= 11 is 0. The largest absolute Gasteiger partial charge is 0.491 e. The van der Waals surface area contributed by atoms with Crippen molar-refractivity contribution >= 4 is 0 Å². The van der Waals surface area contributed by atoms with Crippen LogP contribution in [0, 0.1) is 0 Å². The van der Waals surface area contributed by atoms with E-state index in [2.05, 4.69) is 30.9 Å². The van der Waals surface area contributed by atoms with Crippen LogP contribution in [0.5, 0.6) is 5.75 Å². The minimum Gasteiger partial charge on any atom is -0.491 e. The van der Waals surface area contributed by atoms with Crippen molar-refractivity contribution < 1.29 is 4.74 Å². The Morgan fingerprint density at radius 3 is 2.15 bits per heavy atom. The van der Waals surface area contributed by atoms with E-state index in [0.29, 0.717) is 0 Å². The van der Waals surface area contributed by atoms with Gasteiger partial charge in [0.1, 0.15) is 5.75 Å². The van der Waals surface area contributed by atoms with Crippen LogP contribution in [0.15, 0.2) is 24.3 Å². The van der Waals surface area contributed by atoms with Crippen molar-refractivity contribution in [3.05, 3.63) is 29.8 Å². The number of nitrogens with two attached hydrogens (primary N) is 1. The van der Waals surface area contributed by atoms with Gasteiger partial charge in [0.2, 0.25) is 0 Å². The molecule has 1 aliphatic heterocycles. The summed E-state index contributed by atoms with van der Waals surface area (Å²) in [4.78, 5) is 2.51. The van der Waals surface area contributed by atoms with Crippen molar-refractivity contribution in [2.45, 2.75) is 58.2 Å². The summed E-state index contributed by atoms with van der Waals surface area (Å²) < 4.78 is 5.68. The van der Waals surface area contributed by atoms with Gasteiger partial charge in [-0.25, -0.2) is 0 Å². The first-order valence-corrected chi connectivity index (χ1v) is 7.68. The number of hydrogen-bond donors (Lipinski definition) is 1. The van der Waals surface area contributed by atoms with Gasteiger partial charge in [-0.3, -0.25) is 4.90 Å². The predicted molar refractivity (Wildman–Crippen MR) is 84.0 cm³/mol. The molecule has 1 aromatic carbocycles. The van der Waals surface area contributed by atoms with Crippen LogP contribution < -0.4 is 10.5 Å². The topological polar surface area (TPSA) is 38.5 Å². The Morgan fingerprint density at radius 2 is 1.65 bits per heavy atom. The summed E-state index contributed by atoms with van der Waals surface area (Å²) in [5, 5.41) is 0. The van der Waals surface area contributed by atoms with E-state index in [0.717, 1.165) is 18.8 Å². The van der Waals surface area contributed by atoms with Crippen LogP contribution in [-0.2, 0) is 0 Å². The SMILES string of the molecule is CC(C)Oc1ccc(C(N)C(C)(C)N2CCCC2)cc1. The molecule has 0 amide bonds. The van der Waals surface area contributed by atoms with Gasteiger partial charge in [0, 0.05) is 11.6 Å². The number of benzene rings is 1. The molecule has 1 unspecified atom stereocenters. The summed E-state index contributed by atoms with van der Waals surface area (Å²) in [5.74, 6) is 0.912. The molecule has 20 heavy (non-hydrogen) atoms. The summed E-state index contributed by atoms with van der Waals surface area (Å²) in [6.07, 6.45) is 2.78. The molecule has 0 aromatic heterocycles. The summed E-state index contributed by atoms with van der Waals surface area (Å²) in [7, 11) is 0. The molecule has 0 spiro atoms. The molecule has 2 rings (SSSR count). The minimum absolute atomic E-state index is 0.00305. The molecule has 1 atom stereocenters. The highest BCUT2D eigenvalue weighted by Crippen LogP contribution is 2.32. The summed E-state index contributed by atoms with van der Waals surface area (Å²) in [5.41, 5.74) is 7.70. The Hall–Kier alpha value is -1.06.